The Hall–Kier alpha value is -5.46. The highest BCUT2D eigenvalue weighted by atomic mass is 16.5. The van der Waals surface area contributed by atoms with E-state index in [1.807, 2.05) is 82.6 Å². The zero-order valence-corrected chi connectivity index (χ0v) is 33.5. The number of hydrogen-bond donors (Lipinski definition) is 0. The molecule has 0 unspecified atom stereocenters. The Morgan fingerprint density at radius 2 is 0.732 bits per heavy atom. The van der Waals surface area contributed by atoms with Gasteiger partial charge in [0, 0.05) is 63.5 Å². The third kappa shape index (κ3) is 9.14. The van der Waals surface area contributed by atoms with Crippen molar-refractivity contribution >= 4 is 11.8 Å². The molecular weight excluding hydrogens is 713 g/mol. The maximum Gasteiger partial charge on any atom is 0.253 e. The van der Waals surface area contributed by atoms with E-state index in [1.54, 1.807) is 42.7 Å². The van der Waals surface area contributed by atoms with Gasteiger partial charge in [-0.05, 0) is 96.7 Å². The molecule has 0 N–H and O–H groups in total. The van der Waals surface area contributed by atoms with Crippen LogP contribution < -0.4 is 28.4 Å². The normalized spacial score (nSPS) is 15.0. The summed E-state index contributed by atoms with van der Waals surface area (Å²) >= 11 is 0. The molecule has 2 aliphatic rings. The Morgan fingerprint density at radius 3 is 1.00 bits per heavy atom. The van der Waals surface area contributed by atoms with E-state index in [9.17, 15) is 9.59 Å². The molecule has 6 rings (SSSR count). The molecule has 0 aliphatic carbocycles. The second-order valence-corrected chi connectivity index (χ2v) is 14.0. The molecule has 0 atom stereocenters. The highest BCUT2D eigenvalue weighted by Crippen LogP contribution is 2.42. The first-order valence-electron chi connectivity index (χ1n) is 19.1. The molecule has 4 aromatic rings. The van der Waals surface area contributed by atoms with Crippen molar-refractivity contribution in [2.75, 3.05) is 108 Å². The van der Waals surface area contributed by atoms with Crippen LogP contribution in [0.25, 0.3) is 22.3 Å². The molecule has 298 valence electrons. The van der Waals surface area contributed by atoms with E-state index < -0.39 is 0 Å². The third-order valence-electron chi connectivity index (χ3n) is 10.8. The molecule has 2 heterocycles. The molecule has 0 spiro atoms. The summed E-state index contributed by atoms with van der Waals surface area (Å²) in [5.74, 6) is 3.55. The van der Waals surface area contributed by atoms with Gasteiger partial charge in [-0.1, -0.05) is 24.3 Å². The van der Waals surface area contributed by atoms with E-state index in [0.717, 1.165) is 101 Å². The zero-order valence-electron chi connectivity index (χ0n) is 33.5. The SMILES string of the molecule is COc1cc(-c2ccc(C(=O)N3CCN(CCCCN4CCN(C(=O)c5ccc(-c6cc(OC)c(OC)c(OC)c6)cc5)CC4)CC3)cc2)cc(OC)c1OC. The van der Waals surface area contributed by atoms with Crippen LogP contribution in [0.2, 0.25) is 0 Å². The summed E-state index contributed by atoms with van der Waals surface area (Å²) in [6.45, 7) is 8.42. The molecule has 4 aromatic carbocycles. The Labute approximate surface area is 330 Å². The number of piperazine rings is 2. The summed E-state index contributed by atoms with van der Waals surface area (Å²) in [6.07, 6.45) is 2.21. The Balaban J connectivity index is 0.897. The highest BCUT2D eigenvalue weighted by Gasteiger charge is 2.24. The van der Waals surface area contributed by atoms with E-state index in [1.165, 1.54) is 0 Å². The van der Waals surface area contributed by atoms with Gasteiger partial charge in [-0.25, -0.2) is 0 Å². The molecule has 2 aliphatic heterocycles. The minimum atomic E-state index is 0.0615. The number of ether oxygens (including phenoxy) is 6. The molecule has 2 amide bonds. The van der Waals surface area contributed by atoms with Crippen LogP contribution in [0.3, 0.4) is 0 Å². The minimum absolute atomic E-state index is 0.0615. The number of carbonyl (C=O) groups is 2. The van der Waals surface area contributed by atoms with Crippen molar-refractivity contribution in [3.05, 3.63) is 83.9 Å². The summed E-state index contributed by atoms with van der Waals surface area (Å²) in [4.78, 5) is 35.5. The number of nitrogens with zero attached hydrogens (tertiary/aromatic N) is 4. The quantitative estimate of drug-likeness (QED) is 0.133. The maximum absolute atomic E-state index is 13.4. The predicted octanol–water partition coefficient (Wildman–Crippen LogP) is 6.07. The largest absolute Gasteiger partial charge is 0.493 e. The maximum atomic E-state index is 13.4. The van der Waals surface area contributed by atoms with Crippen molar-refractivity contribution in [3.63, 3.8) is 0 Å². The lowest BCUT2D eigenvalue weighted by atomic mass is 10.0. The molecule has 12 heteroatoms. The smallest absolute Gasteiger partial charge is 0.253 e. The first-order valence-corrected chi connectivity index (χ1v) is 19.1. The van der Waals surface area contributed by atoms with Crippen LogP contribution in [0.5, 0.6) is 34.5 Å². The summed E-state index contributed by atoms with van der Waals surface area (Å²) in [6, 6.07) is 23.0. The third-order valence-corrected chi connectivity index (χ3v) is 10.8. The summed E-state index contributed by atoms with van der Waals surface area (Å²) in [5, 5.41) is 0. The molecule has 56 heavy (non-hydrogen) atoms. The highest BCUT2D eigenvalue weighted by molar-refractivity contribution is 5.95. The van der Waals surface area contributed by atoms with Gasteiger partial charge in [0.15, 0.2) is 23.0 Å². The van der Waals surface area contributed by atoms with Crippen molar-refractivity contribution in [2.45, 2.75) is 12.8 Å². The number of amides is 2. The zero-order chi connectivity index (χ0) is 39.6. The van der Waals surface area contributed by atoms with Crippen molar-refractivity contribution in [3.8, 4) is 56.8 Å². The molecule has 0 bridgehead atoms. The van der Waals surface area contributed by atoms with Crippen molar-refractivity contribution in [1.82, 2.24) is 19.6 Å². The van der Waals surface area contributed by atoms with E-state index in [4.69, 9.17) is 28.4 Å². The van der Waals surface area contributed by atoms with Crippen LogP contribution in [0.4, 0.5) is 0 Å². The van der Waals surface area contributed by atoms with Gasteiger partial charge < -0.3 is 38.2 Å². The Morgan fingerprint density at radius 1 is 0.429 bits per heavy atom. The van der Waals surface area contributed by atoms with Crippen LogP contribution in [0.15, 0.2) is 72.8 Å². The molecule has 12 nitrogen and oxygen atoms in total. The standard InChI is InChI=1S/C44H54N4O8/c1-51-37-27-35(28-38(52-2)41(37)55-5)31-9-13-33(14-10-31)43(49)47-23-19-45(20-24-47)17-7-8-18-46-21-25-48(26-22-46)44(50)34-15-11-32(12-16-34)36-29-39(53-3)42(56-6)40(30-36)54-4/h9-16,27-30H,7-8,17-26H2,1-6H3. The second kappa shape index (κ2) is 18.9. The molecule has 0 saturated carbocycles. The minimum Gasteiger partial charge on any atom is -0.493 e. The van der Waals surface area contributed by atoms with Crippen molar-refractivity contribution in [2.24, 2.45) is 0 Å². The number of hydrogen-bond acceptors (Lipinski definition) is 10. The fourth-order valence-electron chi connectivity index (χ4n) is 7.49. The lowest BCUT2D eigenvalue weighted by Gasteiger charge is -2.36. The van der Waals surface area contributed by atoms with Gasteiger partial charge >= 0.3 is 0 Å². The molecule has 0 radical (unpaired) electrons. The first-order chi connectivity index (χ1) is 27.3. The Kier molecular flexibility index (Phi) is 13.6. The summed E-state index contributed by atoms with van der Waals surface area (Å²) in [5.41, 5.74) is 5.11. The lowest BCUT2D eigenvalue weighted by Crippen LogP contribution is -2.49. The summed E-state index contributed by atoms with van der Waals surface area (Å²) < 4.78 is 32.9. The molecular formula is C44H54N4O8. The van der Waals surface area contributed by atoms with Crippen molar-refractivity contribution < 1.29 is 38.0 Å². The topological polar surface area (TPSA) is 102 Å². The predicted molar refractivity (Wildman–Crippen MR) is 217 cm³/mol. The van der Waals surface area contributed by atoms with E-state index in [2.05, 4.69) is 9.80 Å². The van der Waals surface area contributed by atoms with Gasteiger partial charge in [-0.2, -0.15) is 0 Å². The van der Waals surface area contributed by atoms with E-state index in [-0.39, 0.29) is 11.8 Å². The molecule has 2 fully saturated rings. The van der Waals surface area contributed by atoms with Gasteiger partial charge in [0.2, 0.25) is 11.5 Å². The van der Waals surface area contributed by atoms with E-state index >= 15 is 0 Å². The van der Waals surface area contributed by atoms with Crippen LogP contribution in [-0.4, -0.2) is 140 Å². The summed E-state index contributed by atoms with van der Waals surface area (Å²) in [7, 11) is 9.56. The number of carbonyl (C=O) groups excluding carboxylic acids is 2. The van der Waals surface area contributed by atoms with Crippen LogP contribution in [0, 0.1) is 0 Å². The van der Waals surface area contributed by atoms with Gasteiger partial charge in [0.25, 0.3) is 11.8 Å². The average molecular weight is 767 g/mol. The monoisotopic (exact) mass is 766 g/mol. The van der Waals surface area contributed by atoms with Crippen LogP contribution in [0.1, 0.15) is 33.6 Å². The van der Waals surface area contributed by atoms with Gasteiger partial charge in [-0.15, -0.1) is 0 Å². The number of benzene rings is 4. The van der Waals surface area contributed by atoms with Gasteiger partial charge in [-0.3, -0.25) is 19.4 Å². The molecule has 2 saturated heterocycles. The van der Waals surface area contributed by atoms with E-state index in [0.29, 0.717) is 45.6 Å². The number of unbranched alkanes of at least 4 members (excludes halogenated alkanes) is 1. The lowest BCUT2D eigenvalue weighted by molar-refractivity contribution is 0.0611. The first kappa shape index (κ1) is 40.2. The Bertz CT molecular complexity index is 1740. The molecule has 0 aromatic heterocycles. The van der Waals surface area contributed by atoms with Gasteiger partial charge in [0.05, 0.1) is 42.7 Å². The number of methoxy groups -OCH3 is 6. The fraction of sp³-hybridized carbons (Fsp3) is 0.409. The average Bonchev–Trinajstić information content (AvgIpc) is 3.26. The fourth-order valence-corrected chi connectivity index (χ4v) is 7.49. The van der Waals surface area contributed by atoms with Gasteiger partial charge in [0.1, 0.15) is 0 Å². The number of rotatable bonds is 15. The van der Waals surface area contributed by atoms with Crippen LogP contribution in [-0.2, 0) is 0 Å². The van der Waals surface area contributed by atoms with Crippen LogP contribution >= 0.6 is 0 Å². The van der Waals surface area contributed by atoms with Crippen molar-refractivity contribution in [1.29, 1.82) is 0 Å². The second-order valence-electron chi connectivity index (χ2n) is 14.0.